The van der Waals surface area contributed by atoms with Crippen LogP contribution in [0.5, 0.6) is 5.75 Å². The number of benzene rings is 1. The predicted molar refractivity (Wildman–Crippen MR) is 74.2 cm³/mol. The summed E-state index contributed by atoms with van der Waals surface area (Å²) in [4.78, 5) is 11.2. The quantitative estimate of drug-likeness (QED) is 0.466. The number of rotatable bonds is 7. The minimum absolute atomic E-state index is 0.304. The molecule has 0 saturated heterocycles. The van der Waals surface area contributed by atoms with Crippen molar-refractivity contribution in [1.82, 2.24) is 5.06 Å². The summed E-state index contributed by atoms with van der Waals surface area (Å²) in [6.45, 7) is 6.12. The average Bonchev–Trinajstić information content (AvgIpc) is 2.41. The van der Waals surface area contributed by atoms with Crippen molar-refractivity contribution in [2.45, 2.75) is 46.1 Å². The van der Waals surface area contributed by atoms with Crippen LogP contribution < -0.4 is 4.74 Å². The number of carbonyl (C=O) groups is 1. The lowest BCUT2D eigenvalue weighted by Crippen LogP contribution is -2.29. The number of ether oxygens (including phenoxy) is 1. The highest BCUT2D eigenvalue weighted by Gasteiger charge is 2.19. The maximum Gasteiger partial charge on any atom is 0.243 e. The summed E-state index contributed by atoms with van der Waals surface area (Å²) in [5.74, 6) is 0.467. The molecular formula is C15H23NO3. The second-order valence-corrected chi connectivity index (χ2v) is 4.56. The van der Waals surface area contributed by atoms with Crippen LogP contribution in [0.25, 0.3) is 0 Å². The third-order valence-electron chi connectivity index (χ3n) is 3.04. The Kier molecular flexibility index (Phi) is 6.36. The highest BCUT2D eigenvalue weighted by molar-refractivity contribution is 5.72. The third kappa shape index (κ3) is 4.56. The minimum Gasteiger partial charge on any atom is -0.494 e. The number of hydrogen-bond acceptors (Lipinski definition) is 3. The van der Waals surface area contributed by atoms with Crippen LogP contribution >= 0.6 is 0 Å². The fourth-order valence-corrected chi connectivity index (χ4v) is 1.89. The summed E-state index contributed by atoms with van der Waals surface area (Å²) in [6.07, 6.45) is 2.80. The number of unbranched alkanes of at least 4 members (excludes halogenated alkanes) is 1. The molecule has 4 heteroatoms. The molecule has 1 amide bonds. The van der Waals surface area contributed by atoms with Crippen LogP contribution in [-0.4, -0.2) is 22.8 Å². The summed E-state index contributed by atoms with van der Waals surface area (Å²) < 4.78 is 5.58. The Morgan fingerprint density at radius 3 is 2.42 bits per heavy atom. The van der Waals surface area contributed by atoms with E-state index in [1.807, 2.05) is 31.2 Å². The van der Waals surface area contributed by atoms with Crippen molar-refractivity contribution < 1.29 is 14.7 Å². The first kappa shape index (κ1) is 15.5. The minimum atomic E-state index is -0.352. The molecule has 0 aliphatic carbocycles. The number of hydroxylamine groups is 2. The van der Waals surface area contributed by atoms with E-state index in [9.17, 15) is 10.0 Å². The molecule has 0 aliphatic heterocycles. The van der Waals surface area contributed by atoms with Crippen LogP contribution in [0.2, 0.25) is 0 Å². The van der Waals surface area contributed by atoms with Gasteiger partial charge >= 0.3 is 0 Å². The van der Waals surface area contributed by atoms with Gasteiger partial charge in [-0.2, -0.15) is 0 Å². The molecule has 4 nitrogen and oxygen atoms in total. The van der Waals surface area contributed by atoms with E-state index in [0.29, 0.717) is 13.0 Å². The standard InChI is InChI=1S/C15H23NO3/c1-4-6-11-19-14-9-7-13(8-10-14)15(5-2)16(18)12(3)17/h7-10,15,18H,4-6,11H2,1-3H3/t15-/m0/s1. The monoisotopic (exact) mass is 265 g/mol. The Bertz CT molecular complexity index is 389. The van der Waals surface area contributed by atoms with Gasteiger partial charge in [-0.3, -0.25) is 10.0 Å². The topological polar surface area (TPSA) is 49.8 Å². The number of nitrogens with zero attached hydrogens (tertiary/aromatic N) is 1. The molecule has 1 rings (SSSR count). The van der Waals surface area contributed by atoms with E-state index in [4.69, 9.17) is 4.74 Å². The van der Waals surface area contributed by atoms with Gasteiger partial charge in [0, 0.05) is 6.92 Å². The van der Waals surface area contributed by atoms with Crippen LogP contribution in [0.1, 0.15) is 51.6 Å². The molecule has 1 aromatic rings. The van der Waals surface area contributed by atoms with E-state index in [1.165, 1.54) is 6.92 Å². The van der Waals surface area contributed by atoms with Crippen LogP contribution in [0.15, 0.2) is 24.3 Å². The van der Waals surface area contributed by atoms with Crippen LogP contribution in [0.3, 0.4) is 0 Å². The van der Waals surface area contributed by atoms with E-state index < -0.39 is 0 Å². The molecule has 0 fully saturated rings. The first-order chi connectivity index (χ1) is 9.10. The molecule has 1 aromatic carbocycles. The molecule has 0 unspecified atom stereocenters. The molecule has 0 radical (unpaired) electrons. The van der Waals surface area contributed by atoms with Gasteiger partial charge in [-0.05, 0) is 30.5 Å². The van der Waals surface area contributed by atoms with Crippen molar-refractivity contribution in [1.29, 1.82) is 0 Å². The molecule has 0 aromatic heterocycles. The zero-order chi connectivity index (χ0) is 14.3. The Balaban J connectivity index is 2.70. The molecule has 0 bridgehead atoms. The van der Waals surface area contributed by atoms with Crippen molar-refractivity contribution in [2.75, 3.05) is 6.61 Å². The molecule has 0 heterocycles. The first-order valence-corrected chi connectivity index (χ1v) is 6.81. The molecule has 0 aliphatic rings. The number of amides is 1. The highest BCUT2D eigenvalue weighted by atomic mass is 16.5. The normalized spacial score (nSPS) is 12.0. The van der Waals surface area contributed by atoms with E-state index in [-0.39, 0.29) is 11.9 Å². The van der Waals surface area contributed by atoms with Gasteiger partial charge in [0.1, 0.15) is 5.75 Å². The van der Waals surface area contributed by atoms with Crippen LogP contribution in [-0.2, 0) is 4.79 Å². The summed E-state index contributed by atoms with van der Waals surface area (Å²) in [6, 6.07) is 7.23. The third-order valence-corrected chi connectivity index (χ3v) is 3.04. The van der Waals surface area contributed by atoms with Crippen molar-refractivity contribution in [2.24, 2.45) is 0 Å². The van der Waals surface area contributed by atoms with Crippen molar-refractivity contribution in [3.8, 4) is 5.75 Å². The fraction of sp³-hybridized carbons (Fsp3) is 0.533. The van der Waals surface area contributed by atoms with Gasteiger partial charge in [0.25, 0.3) is 0 Å². The van der Waals surface area contributed by atoms with Crippen molar-refractivity contribution in [3.63, 3.8) is 0 Å². The second kappa shape index (κ2) is 7.79. The predicted octanol–water partition coefficient (Wildman–Crippen LogP) is 3.55. The van der Waals surface area contributed by atoms with Crippen LogP contribution in [0.4, 0.5) is 0 Å². The Labute approximate surface area is 114 Å². The summed E-state index contributed by atoms with van der Waals surface area (Å²) in [5.41, 5.74) is 0.906. The first-order valence-electron chi connectivity index (χ1n) is 6.81. The lowest BCUT2D eigenvalue weighted by Gasteiger charge is -2.24. The molecule has 1 atom stereocenters. The zero-order valence-corrected chi connectivity index (χ0v) is 11.9. The van der Waals surface area contributed by atoms with Gasteiger partial charge in [0.2, 0.25) is 5.91 Å². The van der Waals surface area contributed by atoms with E-state index >= 15 is 0 Å². The van der Waals surface area contributed by atoms with E-state index in [2.05, 4.69) is 6.92 Å². The maximum absolute atomic E-state index is 11.2. The van der Waals surface area contributed by atoms with Gasteiger partial charge in [-0.25, -0.2) is 5.06 Å². The van der Waals surface area contributed by atoms with Crippen molar-refractivity contribution in [3.05, 3.63) is 29.8 Å². The van der Waals surface area contributed by atoms with Gasteiger partial charge in [-0.1, -0.05) is 32.4 Å². The Hall–Kier alpha value is -1.55. The van der Waals surface area contributed by atoms with E-state index in [1.54, 1.807) is 0 Å². The largest absolute Gasteiger partial charge is 0.494 e. The van der Waals surface area contributed by atoms with Crippen LogP contribution in [0, 0.1) is 0 Å². The molecule has 19 heavy (non-hydrogen) atoms. The molecule has 0 spiro atoms. The summed E-state index contributed by atoms with van der Waals surface area (Å²) >= 11 is 0. The Morgan fingerprint density at radius 1 is 1.32 bits per heavy atom. The second-order valence-electron chi connectivity index (χ2n) is 4.56. The summed E-state index contributed by atoms with van der Waals surface area (Å²) in [5, 5.41) is 10.5. The molecule has 1 N–H and O–H groups in total. The van der Waals surface area contributed by atoms with Gasteiger partial charge in [0.05, 0.1) is 12.6 Å². The smallest absolute Gasteiger partial charge is 0.243 e. The molecule has 106 valence electrons. The van der Waals surface area contributed by atoms with E-state index in [0.717, 1.165) is 29.2 Å². The average molecular weight is 265 g/mol. The van der Waals surface area contributed by atoms with Gasteiger partial charge in [0.15, 0.2) is 0 Å². The van der Waals surface area contributed by atoms with Gasteiger partial charge in [-0.15, -0.1) is 0 Å². The lowest BCUT2D eigenvalue weighted by molar-refractivity contribution is -0.174. The zero-order valence-electron chi connectivity index (χ0n) is 11.9. The SMILES string of the molecule is CCCCOc1ccc([C@H](CC)N(O)C(C)=O)cc1. The van der Waals surface area contributed by atoms with Gasteiger partial charge < -0.3 is 4.74 Å². The number of carbonyl (C=O) groups excluding carboxylic acids is 1. The molecular weight excluding hydrogens is 242 g/mol. The highest BCUT2D eigenvalue weighted by Crippen LogP contribution is 2.24. The maximum atomic E-state index is 11.2. The summed E-state index contributed by atoms with van der Waals surface area (Å²) in [7, 11) is 0. The Morgan fingerprint density at radius 2 is 1.95 bits per heavy atom. The number of hydrogen-bond donors (Lipinski definition) is 1. The van der Waals surface area contributed by atoms with Crippen molar-refractivity contribution >= 4 is 5.91 Å². The molecule has 0 saturated carbocycles. The lowest BCUT2D eigenvalue weighted by atomic mass is 10.0. The fourth-order valence-electron chi connectivity index (χ4n) is 1.89.